The zero-order valence-electron chi connectivity index (χ0n) is 12.3. The number of alkyl carbamates (subject to hydrolysis) is 1. The summed E-state index contributed by atoms with van der Waals surface area (Å²) in [6.45, 7) is 8.57. The molecule has 1 atom stereocenters. The smallest absolute Gasteiger partial charge is 0.407 e. The summed E-state index contributed by atoms with van der Waals surface area (Å²) < 4.78 is 10.7. The molecule has 112 valence electrons. The Bertz CT molecular complexity index is 457. The summed E-state index contributed by atoms with van der Waals surface area (Å²) in [6, 6.07) is 7.83. The highest BCUT2D eigenvalue weighted by atomic mass is 35.5. The van der Waals surface area contributed by atoms with Crippen LogP contribution in [0.4, 0.5) is 4.79 Å². The lowest BCUT2D eigenvalue weighted by Crippen LogP contribution is -2.46. The molecule has 1 saturated heterocycles. The molecule has 1 aromatic rings. The zero-order chi connectivity index (χ0) is 14.0. The quantitative estimate of drug-likeness (QED) is 0.925. The van der Waals surface area contributed by atoms with Gasteiger partial charge in [-0.25, -0.2) is 4.79 Å². The second kappa shape index (κ2) is 6.35. The molecule has 0 bridgehead atoms. The normalized spacial score (nSPS) is 20.6. The molecular weight excluding hydrogens is 278 g/mol. The van der Waals surface area contributed by atoms with E-state index in [1.807, 2.05) is 38.1 Å². The van der Waals surface area contributed by atoms with E-state index in [9.17, 15) is 4.79 Å². The van der Waals surface area contributed by atoms with Crippen molar-refractivity contribution in [3.05, 3.63) is 29.8 Å². The Morgan fingerprint density at radius 1 is 1.30 bits per heavy atom. The van der Waals surface area contributed by atoms with Crippen molar-refractivity contribution in [3.8, 4) is 5.75 Å². The van der Waals surface area contributed by atoms with Crippen LogP contribution in [0.2, 0.25) is 0 Å². The molecule has 0 aliphatic carbocycles. The van der Waals surface area contributed by atoms with Gasteiger partial charge in [0.2, 0.25) is 0 Å². The maximum atomic E-state index is 11.4. The summed E-state index contributed by atoms with van der Waals surface area (Å²) in [7, 11) is 0. The molecule has 1 aliphatic rings. The molecule has 1 N–H and O–H groups in total. The van der Waals surface area contributed by atoms with E-state index in [0.29, 0.717) is 6.61 Å². The van der Waals surface area contributed by atoms with E-state index in [0.717, 1.165) is 11.3 Å². The standard InChI is InChI=1S/C15H21NO3.ClH/c1-10(2)19-12-7-5-11(6-8-12)13-15(3,4)9-18-14(17)16-13;/h5-8,10,13H,9H2,1-4H3,(H,16,17);1H/t13-;/m0./s1. The molecular formula is C15H22ClNO3. The molecule has 5 heteroatoms. The van der Waals surface area contributed by atoms with Gasteiger partial charge in [-0.15, -0.1) is 12.4 Å². The van der Waals surface area contributed by atoms with Gasteiger partial charge in [-0.05, 0) is 31.5 Å². The number of hydrogen-bond acceptors (Lipinski definition) is 3. The maximum Gasteiger partial charge on any atom is 0.407 e. The monoisotopic (exact) mass is 299 g/mol. The van der Waals surface area contributed by atoms with Gasteiger partial charge in [-0.1, -0.05) is 26.0 Å². The van der Waals surface area contributed by atoms with E-state index in [1.54, 1.807) is 0 Å². The number of halogens is 1. The van der Waals surface area contributed by atoms with Gasteiger partial charge in [0.1, 0.15) is 12.4 Å². The molecule has 1 amide bonds. The van der Waals surface area contributed by atoms with Crippen LogP contribution >= 0.6 is 12.4 Å². The Kier molecular flexibility index (Phi) is 5.28. The van der Waals surface area contributed by atoms with Gasteiger partial charge in [-0.2, -0.15) is 0 Å². The van der Waals surface area contributed by atoms with E-state index in [4.69, 9.17) is 9.47 Å². The van der Waals surface area contributed by atoms with E-state index in [2.05, 4.69) is 19.2 Å². The number of benzene rings is 1. The van der Waals surface area contributed by atoms with Crippen molar-refractivity contribution in [2.24, 2.45) is 5.41 Å². The number of rotatable bonds is 3. The first kappa shape index (κ1) is 16.6. The number of ether oxygens (including phenoxy) is 2. The van der Waals surface area contributed by atoms with Crippen LogP contribution in [0, 0.1) is 5.41 Å². The van der Waals surface area contributed by atoms with Crippen molar-refractivity contribution in [1.29, 1.82) is 0 Å². The van der Waals surface area contributed by atoms with Crippen LogP contribution in [0.3, 0.4) is 0 Å². The van der Waals surface area contributed by atoms with Gasteiger partial charge in [0.15, 0.2) is 0 Å². The topological polar surface area (TPSA) is 47.6 Å². The van der Waals surface area contributed by atoms with Crippen molar-refractivity contribution in [3.63, 3.8) is 0 Å². The Morgan fingerprint density at radius 2 is 1.90 bits per heavy atom. The molecule has 0 unspecified atom stereocenters. The van der Waals surface area contributed by atoms with Gasteiger partial charge < -0.3 is 14.8 Å². The van der Waals surface area contributed by atoms with Gasteiger partial charge in [-0.3, -0.25) is 0 Å². The first-order valence-electron chi connectivity index (χ1n) is 6.58. The van der Waals surface area contributed by atoms with Crippen LogP contribution < -0.4 is 10.1 Å². The SMILES string of the molecule is CC(C)Oc1ccc([C@@H]2NC(=O)OCC2(C)C)cc1.Cl. The highest BCUT2D eigenvalue weighted by molar-refractivity contribution is 5.85. The Hall–Kier alpha value is -1.42. The summed E-state index contributed by atoms with van der Waals surface area (Å²) in [5, 5.41) is 2.88. The summed E-state index contributed by atoms with van der Waals surface area (Å²) >= 11 is 0. The fourth-order valence-electron chi connectivity index (χ4n) is 2.24. The second-order valence-corrected chi connectivity index (χ2v) is 5.88. The molecule has 0 aromatic heterocycles. The summed E-state index contributed by atoms with van der Waals surface area (Å²) in [4.78, 5) is 11.4. The lowest BCUT2D eigenvalue weighted by molar-refractivity contribution is 0.0387. The lowest BCUT2D eigenvalue weighted by Gasteiger charge is -2.38. The molecule has 4 nitrogen and oxygen atoms in total. The fraction of sp³-hybridized carbons (Fsp3) is 0.533. The largest absolute Gasteiger partial charge is 0.491 e. The number of carbonyl (C=O) groups is 1. The van der Waals surface area contributed by atoms with Crippen LogP contribution in [-0.2, 0) is 4.74 Å². The van der Waals surface area contributed by atoms with Gasteiger partial charge >= 0.3 is 6.09 Å². The summed E-state index contributed by atoms with van der Waals surface area (Å²) in [6.07, 6.45) is -0.197. The van der Waals surface area contributed by atoms with Crippen molar-refractivity contribution in [2.75, 3.05) is 6.61 Å². The number of hydrogen-bond donors (Lipinski definition) is 1. The van der Waals surface area contributed by atoms with Gasteiger partial charge in [0.25, 0.3) is 0 Å². The number of amides is 1. The highest BCUT2D eigenvalue weighted by Gasteiger charge is 2.37. The van der Waals surface area contributed by atoms with Crippen LogP contribution in [0.15, 0.2) is 24.3 Å². The Morgan fingerprint density at radius 3 is 2.45 bits per heavy atom. The average molecular weight is 300 g/mol. The molecule has 1 fully saturated rings. The van der Waals surface area contributed by atoms with Crippen LogP contribution in [0.5, 0.6) is 5.75 Å². The third kappa shape index (κ3) is 3.79. The zero-order valence-corrected chi connectivity index (χ0v) is 13.1. The van der Waals surface area contributed by atoms with Crippen molar-refractivity contribution < 1.29 is 14.3 Å². The minimum atomic E-state index is -0.355. The summed E-state index contributed by atoms with van der Waals surface area (Å²) in [5.41, 5.74) is 0.937. The third-order valence-corrected chi connectivity index (χ3v) is 3.20. The van der Waals surface area contributed by atoms with E-state index < -0.39 is 0 Å². The van der Waals surface area contributed by atoms with Crippen molar-refractivity contribution in [2.45, 2.75) is 39.8 Å². The van der Waals surface area contributed by atoms with Crippen LogP contribution in [0.1, 0.15) is 39.3 Å². The molecule has 0 radical (unpaired) electrons. The highest BCUT2D eigenvalue weighted by Crippen LogP contribution is 2.36. The molecule has 20 heavy (non-hydrogen) atoms. The van der Waals surface area contributed by atoms with Crippen molar-refractivity contribution >= 4 is 18.5 Å². The molecule has 1 heterocycles. The molecule has 1 aliphatic heterocycles. The van der Waals surface area contributed by atoms with E-state index >= 15 is 0 Å². The Balaban J connectivity index is 0.00000200. The first-order valence-corrected chi connectivity index (χ1v) is 6.58. The molecule has 2 rings (SSSR count). The average Bonchev–Trinajstić information content (AvgIpc) is 2.33. The van der Waals surface area contributed by atoms with Crippen LogP contribution in [-0.4, -0.2) is 18.8 Å². The number of nitrogens with one attached hydrogen (secondary N) is 1. The first-order chi connectivity index (χ1) is 8.88. The minimum absolute atomic E-state index is 0. The van der Waals surface area contributed by atoms with Gasteiger partial charge in [0, 0.05) is 5.41 Å². The number of cyclic esters (lactones) is 1. The third-order valence-electron chi connectivity index (χ3n) is 3.20. The van der Waals surface area contributed by atoms with Crippen LogP contribution in [0.25, 0.3) is 0 Å². The molecule has 0 saturated carbocycles. The summed E-state index contributed by atoms with van der Waals surface area (Å²) in [5.74, 6) is 0.843. The molecule has 0 spiro atoms. The second-order valence-electron chi connectivity index (χ2n) is 5.88. The van der Waals surface area contributed by atoms with Gasteiger partial charge in [0.05, 0.1) is 12.1 Å². The Labute approximate surface area is 126 Å². The van der Waals surface area contributed by atoms with E-state index in [-0.39, 0.29) is 36.1 Å². The predicted octanol–water partition coefficient (Wildman–Crippen LogP) is 3.70. The molecule has 1 aromatic carbocycles. The fourth-order valence-corrected chi connectivity index (χ4v) is 2.24. The van der Waals surface area contributed by atoms with E-state index in [1.165, 1.54) is 0 Å². The minimum Gasteiger partial charge on any atom is -0.491 e. The maximum absolute atomic E-state index is 11.4. The lowest BCUT2D eigenvalue weighted by atomic mass is 9.80. The number of carbonyl (C=O) groups excluding carboxylic acids is 1. The van der Waals surface area contributed by atoms with Crippen molar-refractivity contribution in [1.82, 2.24) is 5.32 Å². The predicted molar refractivity (Wildman–Crippen MR) is 80.5 cm³/mol.